The number of halogens is 1. The first kappa shape index (κ1) is 9.31. The van der Waals surface area contributed by atoms with Gasteiger partial charge in [-0.05, 0) is 31.0 Å². The van der Waals surface area contributed by atoms with E-state index < -0.39 is 0 Å². The molecular formula is C11H15FN2. The molecule has 0 bridgehead atoms. The number of nitrogens with two attached hydrogens (primary N) is 1. The third-order valence-electron chi connectivity index (χ3n) is 2.73. The Balaban J connectivity index is 2.08. The molecule has 3 N–H and O–H groups in total. The van der Waals surface area contributed by atoms with E-state index in [1.54, 1.807) is 6.07 Å². The molecule has 2 nitrogen and oxygen atoms in total. The Bertz CT molecular complexity index is 319. The molecule has 0 atom stereocenters. The van der Waals surface area contributed by atoms with E-state index >= 15 is 0 Å². The molecule has 2 rings (SSSR count). The van der Waals surface area contributed by atoms with Crippen molar-refractivity contribution >= 4 is 11.4 Å². The smallest absolute Gasteiger partial charge is 0.125 e. The van der Waals surface area contributed by atoms with Crippen LogP contribution in [0.1, 0.15) is 25.7 Å². The number of benzene rings is 1. The average Bonchev–Trinajstić information content (AvgIpc) is 2.62. The molecule has 1 aromatic rings. The number of rotatable bonds is 2. The summed E-state index contributed by atoms with van der Waals surface area (Å²) >= 11 is 0. The SMILES string of the molecule is Nc1cc(F)ccc1NC1CCCC1. The zero-order valence-electron chi connectivity index (χ0n) is 8.09. The van der Waals surface area contributed by atoms with Crippen LogP contribution in [0.2, 0.25) is 0 Å². The molecule has 0 aliphatic heterocycles. The van der Waals surface area contributed by atoms with Gasteiger partial charge in [-0.25, -0.2) is 4.39 Å². The Morgan fingerprint density at radius 2 is 2.00 bits per heavy atom. The quantitative estimate of drug-likeness (QED) is 0.710. The maximum atomic E-state index is 12.8. The molecule has 0 saturated heterocycles. The van der Waals surface area contributed by atoms with Crippen LogP contribution in [0, 0.1) is 5.82 Å². The molecule has 1 fully saturated rings. The van der Waals surface area contributed by atoms with Gasteiger partial charge in [-0.15, -0.1) is 0 Å². The summed E-state index contributed by atoms with van der Waals surface area (Å²) in [5.41, 5.74) is 7.05. The van der Waals surface area contributed by atoms with Gasteiger partial charge in [-0.3, -0.25) is 0 Å². The molecule has 1 aliphatic rings. The number of nitrogens with one attached hydrogen (secondary N) is 1. The van der Waals surface area contributed by atoms with E-state index in [4.69, 9.17) is 5.73 Å². The predicted octanol–water partition coefficient (Wildman–Crippen LogP) is 2.76. The van der Waals surface area contributed by atoms with E-state index in [0.29, 0.717) is 11.7 Å². The van der Waals surface area contributed by atoms with E-state index in [1.165, 1.54) is 37.8 Å². The molecule has 0 spiro atoms. The van der Waals surface area contributed by atoms with E-state index in [9.17, 15) is 4.39 Å². The Morgan fingerprint density at radius 3 is 2.64 bits per heavy atom. The fourth-order valence-electron chi connectivity index (χ4n) is 1.96. The van der Waals surface area contributed by atoms with Crippen LogP contribution in [0.15, 0.2) is 18.2 Å². The van der Waals surface area contributed by atoms with E-state index in [1.807, 2.05) is 0 Å². The summed E-state index contributed by atoms with van der Waals surface area (Å²) < 4.78 is 12.8. The summed E-state index contributed by atoms with van der Waals surface area (Å²) in [4.78, 5) is 0. The van der Waals surface area contributed by atoms with Crippen molar-refractivity contribution in [3.05, 3.63) is 24.0 Å². The molecule has 0 heterocycles. The summed E-state index contributed by atoms with van der Waals surface area (Å²) in [6.07, 6.45) is 4.94. The van der Waals surface area contributed by atoms with Crippen molar-refractivity contribution in [2.75, 3.05) is 11.1 Å². The van der Waals surface area contributed by atoms with Gasteiger partial charge in [0.05, 0.1) is 11.4 Å². The normalized spacial score (nSPS) is 17.2. The van der Waals surface area contributed by atoms with Crippen LogP contribution >= 0.6 is 0 Å². The van der Waals surface area contributed by atoms with Crippen LogP contribution < -0.4 is 11.1 Å². The highest BCUT2D eigenvalue weighted by molar-refractivity contribution is 5.66. The highest BCUT2D eigenvalue weighted by atomic mass is 19.1. The average molecular weight is 194 g/mol. The van der Waals surface area contributed by atoms with Crippen molar-refractivity contribution in [1.29, 1.82) is 0 Å². The van der Waals surface area contributed by atoms with Crippen LogP contribution in [0.3, 0.4) is 0 Å². The molecule has 3 heteroatoms. The summed E-state index contributed by atoms with van der Waals surface area (Å²) in [6.45, 7) is 0. The standard InChI is InChI=1S/C11H15FN2/c12-8-5-6-11(10(13)7-8)14-9-3-1-2-4-9/h5-7,9,14H,1-4,13H2. The van der Waals surface area contributed by atoms with Crippen LogP contribution in [-0.2, 0) is 0 Å². The molecule has 1 aromatic carbocycles. The molecule has 14 heavy (non-hydrogen) atoms. The van der Waals surface area contributed by atoms with Crippen LogP contribution in [0.25, 0.3) is 0 Å². The predicted molar refractivity (Wildman–Crippen MR) is 56.7 cm³/mol. The van der Waals surface area contributed by atoms with E-state index in [-0.39, 0.29) is 5.82 Å². The zero-order valence-corrected chi connectivity index (χ0v) is 8.09. The third kappa shape index (κ3) is 1.97. The van der Waals surface area contributed by atoms with Crippen LogP contribution in [-0.4, -0.2) is 6.04 Å². The molecule has 0 radical (unpaired) electrons. The van der Waals surface area contributed by atoms with Gasteiger partial charge in [0, 0.05) is 6.04 Å². The van der Waals surface area contributed by atoms with Crippen molar-refractivity contribution in [3.8, 4) is 0 Å². The molecule has 76 valence electrons. The lowest BCUT2D eigenvalue weighted by molar-refractivity contribution is 0.628. The fraction of sp³-hybridized carbons (Fsp3) is 0.455. The maximum absolute atomic E-state index is 12.8. The fourth-order valence-corrected chi connectivity index (χ4v) is 1.96. The topological polar surface area (TPSA) is 38.0 Å². The Hall–Kier alpha value is -1.25. The lowest BCUT2D eigenvalue weighted by Crippen LogP contribution is -2.15. The monoisotopic (exact) mass is 194 g/mol. The highest BCUT2D eigenvalue weighted by Crippen LogP contribution is 2.25. The van der Waals surface area contributed by atoms with Crippen molar-refractivity contribution in [2.24, 2.45) is 0 Å². The van der Waals surface area contributed by atoms with Gasteiger partial charge in [0.15, 0.2) is 0 Å². The van der Waals surface area contributed by atoms with Crippen LogP contribution in [0.4, 0.5) is 15.8 Å². The van der Waals surface area contributed by atoms with E-state index in [0.717, 1.165) is 5.69 Å². The second-order valence-electron chi connectivity index (χ2n) is 3.86. The molecule has 0 aromatic heterocycles. The number of hydrogen-bond donors (Lipinski definition) is 2. The van der Waals surface area contributed by atoms with Gasteiger partial charge in [0.2, 0.25) is 0 Å². The van der Waals surface area contributed by atoms with Crippen LogP contribution in [0.5, 0.6) is 0 Å². The van der Waals surface area contributed by atoms with Gasteiger partial charge in [0.1, 0.15) is 5.82 Å². The minimum absolute atomic E-state index is 0.278. The number of hydrogen-bond acceptors (Lipinski definition) is 2. The highest BCUT2D eigenvalue weighted by Gasteiger charge is 2.15. The summed E-state index contributed by atoms with van der Waals surface area (Å²) in [5.74, 6) is -0.278. The molecule has 0 unspecified atom stereocenters. The largest absolute Gasteiger partial charge is 0.397 e. The van der Waals surface area contributed by atoms with E-state index in [2.05, 4.69) is 5.32 Å². The Kier molecular flexibility index (Phi) is 2.57. The second kappa shape index (κ2) is 3.86. The maximum Gasteiger partial charge on any atom is 0.125 e. The van der Waals surface area contributed by atoms with Gasteiger partial charge in [-0.2, -0.15) is 0 Å². The summed E-state index contributed by atoms with van der Waals surface area (Å²) in [6, 6.07) is 5.02. The van der Waals surface area contributed by atoms with Gasteiger partial charge in [0.25, 0.3) is 0 Å². The molecular weight excluding hydrogens is 179 g/mol. The Labute approximate surface area is 83.3 Å². The van der Waals surface area contributed by atoms with Gasteiger partial charge >= 0.3 is 0 Å². The van der Waals surface area contributed by atoms with Crippen molar-refractivity contribution in [2.45, 2.75) is 31.7 Å². The molecule has 0 amide bonds. The lowest BCUT2D eigenvalue weighted by atomic mass is 10.2. The first-order chi connectivity index (χ1) is 6.75. The number of nitrogen functional groups attached to an aromatic ring is 1. The second-order valence-corrected chi connectivity index (χ2v) is 3.86. The van der Waals surface area contributed by atoms with Crippen molar-refractivity contribution < 1.29 is 4.39 Å². The lowest BCUT2D eigenvalue weighted by Gasteiger charge is -2.15. The third-order valence-corrected chi connectivity index (χ3v) is 2.73. The Morgan fingerprint density at radius 1 is 1.29 bits per heavy atom. The molecule has 1 aliphatic carbocycles. The summed E-state index contributed by atoms with van der Waals surface area (Å²) in [5, 5.41) is 3.34. The van der Waals surface area contributed by atoms with Crippen molar-refractivity contribution in [1.82, 2.24) is 0 Å². The van der Waals surface area contributed by atoms with Crippen molar-refractivity contribution in [3.63, 3.8) is 0 Å². The molecule has 1 saturated carbocycles. The van der Waals surface area contributed by atoms with Gasteiger partial charge in [-0.1, -0.05) is 12.8 Å². The number of anilines is 2. The zero-order chi connectivity index (χ0) is 9.97. The first-order valence-corrected chi connectivity index (χ1v) is 5.07. The minimum atomic E-state index is -0.278. The first-order valence-electron chi connectivity index (χ1n) is 5.07. The minimum Gasteiger partial charge on any atom is -0.397 e. The summed E-state index contributed by atoms with van der Waals surface area (Å²) in [7, 11) is 0. The van der Waals surface area contributed by atoms with Gasteiger partial charge < -0.3 is 11.1 Å².